The van der Waals surface area contributed by atoms with E-state index in [2.05, 4.69) is 0 Å². The Bertz CT molecular complexity index is 814. The Hall–Kier alpha value is -2.62. The van der Waals surface area contributed by atoms with Gasteiger partial charge in [0.25, 0.3) is 5.91 Å². The molecule has 0 saturated heterocycles. The predicted octanol–water partition coefficient (Wildman–Crippen LogP) is 2.31. The number of fused-ring (bicyclic) bond motifs is 4. The maximum atomic E-state index is 13.0. The number of esters is 1. The Labute approximate surface area is 134 Å². The summed E-state index contributed by atoms with van der Waals surface area (Å²) in [5.41, 5.74) is 2.54. The number of hydrogen-bond donors (Lipinski definition) is 0. The van der Waals surface area contributed by atoms with E-state index in [0.717, 1.165) is 23.1 Å². The van der Waals surface area contributed by atoms with Gasteiger partial charge in [-0.05, 0) is 29.2 Å². The molecule has 1 amide bonds. The topological polar surface area (TPSA) is 46.6 Å². The van der Waals surface area contributed by atoms with Gasteiger partial charge in [-0.15, -0.1) is 0 Å². The van der Waals surface area contributed by atoms with E-state index in [9.17, 15) is 9.59 Å². The van der Waals surface area contributed by atoms with Crippen molar-refractivity contribution in [2.45, 2.75) is 18.4 Å². The van der Waals surface area contributed by atoms with Crippen LogP contribution in [-0.4, -0.2) is 30.4 Å². The molecule has 2 aromatic carbocycles. The summed E-state index contributed by atoms with van der Waals surface area (Å²) in [6, 6.07) is 15.4. The second-order valence-corrected chi connectivity index (χ2v) is 6.05. The zero-order chi connectivity index (χ0) is 16.0. The third kappa shape index (κ3) is 1.78. The fraction of sp³-hybridized carbons (Fsp3) is 0.263. The molecule has 2 aliphatic rings. The molecule has 2 aromatic rings. The van der Waals surface area contributed by atoms with E-state index < -0.39 is 5.54 Å². The van der Waals surface area contributed by atoms with E-state index in [-0.39, 0.29) is 11.9 Å². The van der Waals surface area contributed by atoms with Crippen molar-refractivity contribution in [3.05, 3.63) is 70.8 Å². The van der Waals surface area contributed by atoms with E-state index in [1.807, 2.05) is 48.5 Å². The summed E-state index contributed by atoms with van der Waals surface area (Å²) < 4.78 is 5.14. The second kappa shape index (κ2) is 4.95. The first-order valence-corrected chi connectivity index (χ1v) is 7.75. The average molecular weight is 307 g/mol. The molecule has 0 N–H and O–H groups in total. The third-order valence-corrected chi connectivity index (χ3v) is 4.99. The Morgan fingerprint density at radius 2 is 1.78 bits per heavy atom. The molecule has 0 unspecified atom stereocenters. The SMILES string of the molecule is COC(=O)[C@@]12Cc3ccccc3C(=O)N1CCc1ccccc12. The van der Waals surface area contributed by atoms with Crippen LogP contribution in [0.2, 0.25) is 0 Å². The standard InChI is InChI=1S/C19H17NO3/c1-23-18(22)19-12-14-7-2-4-8-15(14)17(21)20(19)11-10-13-6-3-5-9-16(13)19/h2-9H,10-12H2,1H3/t19-/m0/s1. The number of carbonyl (C=O) groups is 2. The lowest BCUT2D eigenvalue weighted by Crippen LogP contribution is -2.61. The van der Waals surface area contributed by atoms with E-state index in [4.69, 9.17) is 4.74 Å². The van der Waals surface area contributed by atoms with Crippen molar-refractivity contribution in [3.63, 3.8) is 0 Å². The quantitative estimate of drug-likeness (QED) is 0.760. The molecule has 116 valence electrons. The first-order chi connectivity index (χ1) is 11.2. The molecule has 2 aliphatic heterocycles. The predicted molar refractivity (Wildman–Crippen MR) is 85.0 cm³/mol. The Morgan fingerprint density at radius 1 is 1.09 bits per heavy atom. The first-order valence-electron chi connectivity index (χ1n) is 7.75. The van der Waals surface area contributed by atoms with E-state index >= 15 is 0 Å². The minimum atomic E-state index is -1.05. The summed E-state index contributed by atoms with van der Waals surface area (Å²) in [7, 11) is 1.39. The Kier molecular flexibility index (Phi) is 3.01. The number of rotatable bonds is 1. The molecule has 23 heavy (non-hydrogen) atoms. The van der Waals surface area contributed by atoms with Crippen LogP contribution in [0.5, 0.6) is 0 Å². The maximum absolute atomic E-state index is 13.0. The van der Waals surface area contributed by atoms with E-state index in [1.165, 1.54) is 7.11 Å². The molecule has 1 atom stereocenters. The summed E-state index contributed by atoms with van der Waals surface area (Å²) in [5.74, 6) is -0.459. The number of carbonyl (C=O) groups excluding carboxylic acids is 2. The van der Waals surface area contributed by atoms with Crippen molar-refractivity contribution in [1.82, 2.24) is 4.90 Å². The van der Waals surface area contributed by atoms with Gasteiger partial charge in [-0.1, -0.05) is 42.5 Å². The number of nitrogens with zero attached hydrogens (tertiary/aromatic N) is 1. The number of methoxy groups -OCH3 is 1. The summed E-state index contributed by atoms with van der Waals surface area (Å²) >= 11 is 0. The number of amides is 1. The van der Waals surface area contributed by atoms with Gasteiger partial charge in [0.15, 0.2) is 5.54 Å². The molecule has 0 radical (unpaired) electrons. The van der Waals surface area contributed by atoms with E-state index in [0.29, 0.717) is 18.5 Å². The molecule has 4 nitrogen and oxygen atoms in total. The van der Waals surface area contributed by atoms with Crippen molar-refractivity contribution < 1.29 is 14.3 Å². The fourth-order valence-corrected chi connectivity index (χ4v) is 3.94. The highest BCUT2D eigenvalue weighted by Gasteiger charge is 2.54. The highest BCUT2D eigenvalue weighted by Crippen LogP contribution is 2.43. The van der Waals surface area contributed by atoms with Crippen LogP contribution in [0.25, 0.3) is 0 Å². The van der Waals surface area contributed by atoms with Gasteiger partial charge < -0.3 is 9.64 Å². The average Bonchev–Trinajstić information content (AvgIpc) is 2.61. The third-order valence-electron chi connectivity index (χ3n) is 4.99. The lowest BCUT2D eigenvalue weighted by molar-refractivity contribution is -0.155. The molecule has 4 rings (SSSR count). The van der Waals surface area contributed by atoms with Gasteiger partial charge in [0.05, 0.1) is 7.11 Å². The second-order valence-electron chi connectivity index (χ2n) is 6.05. The van der Waals surface area contributed by atoms with Crippen LogP contribution in [0.15, 0.2) is 48.5 Å². The zero-order valence-electron chi connectivity index (χ0n) is 12.9. The molecular weight excluding hydrogens is 290 g/mol. The summed E-state index contributed by atoms with van der Waals surface area (Å²) in [4.78, 5) is 27.5. The zero-order valence-corrected chi connectivity index (χ0v) is 12.9. The highest BCUT2D eigenvalue weighted by atomic mass is 16.5. The molecule has 0 aliphatic carbocycles. The van der Waals surface area contributed by atoms with Gasteiger partial charge in [0, 0.05) is 18.5 Å². The van der Waals surface area contributed by atoms with Crippen LogP contribution in [-0.2, 0) is 27.9 Å². The van der Waals surface area contributed by atoms with Gasteiger partial charge in [-0.2, -0.15) is 0 Å². The van der Waals surface area contributed by atoms with Crippen molar-refractivity contribution in [1.29, 1.82) is 0 Å². The van der Waals surface area contributed by atoms with Gasteiger partial charge in [-0.3, -0.25) is 4.79 Å². The molecule has 4 heteroatoms. The van der Waals surface area contributed by atoms with Crippen LogP contribution in [0.3, 0.4) is 0 Å². The Balaban J connectivity index is 2.00. The van der Waals surface area contributed by atoms with Gasteiger partial charge in [0.2, 0.25) is 0 Å². The Morgan fingerprint density at radius 3 is 2.57 bits per heavy atom. The largest absolute Gasteiger partial charge is 0.467 e. The lowest BCUT2D eigenvalue weighted by Gasteiger charge is -2.48. The summed E-state index contributed by atoms with van der Waals surface area (Å²) in [5, 5.41) is 0. The summed E-state index contributed by atoms with van der Waals surface area (Å²) in [6.45, 7) is 0.527. The first kappa shape index (κ1) is 14.0. The minimum Gasteiger partial charge on any atom is -0.467 e. The molecule has 2 heterocycles. The number of benzene rings is 2. The normalized spacial score (nSPS) is 22.0. The fourth-order valence-electron chi connectivity index (χ4n) is 3.94. The minimum absolute atomic E-state index is 0.0910. The lowest BCUT2D eigenvalue weighted by atomic mass is 9.73. The molecule has 0 saturated carbocycles. The van der Waals surface area contributed by atoms with E-state index in [1.54, 1.807) is 4.90 Å². The van der Waals surface area contributed by atoms with Crippen molar-refractivity contribution in [2.24, 2.45) is 0 Å². The van der Waals surface area contributed by atoms with Crippen LogP contribution >= 0.6 is 0 Å². The molecule has 0 spiro atoms. The number of ether oxygens (including phenoxy) is 1. The number of hydrogen-bond acceptors (Lipinski definition) is 3. The highest BCUT2D eigenvalue weighted by molar-refractivity contribution is 6.02. The van der Waals surface area contributed by atoms with Crippen LogP contribution in [0.4, 0.5) is 0 Å². The van der Waals surface area contributed by atoms with Crippen molar-refractivity contribution in [2.75, 3.05) is 13.7 Å². The smallest absolute Gasteiger partial charge is 0.336 e. The van der Waals surface area contributed by atoms with Gasteiger partial charge >= 0.3 is 5.97 Å². The molecule has 0 bridgehead atoms. The van der Waals surface area contributed by atoms with Crippen LogP contribution in [0, 0.1) is 0 Å². The summed E-state index contributed by atoms with van der Waals surface area (Å²) in [6.07, 6.45) is 1.21. The maximum Gasteiger partial charge on any atom is 0.336 e. The van der Waals surface area contributed by atoms with Crippen LogP contribution < -0.4 is 0 Å². The van der Waals surface area contributed by atoms with Gasteiger partial charge in [-0.25, -0.2) is 4.79 Å². The molecular formula is C19H17NO3. The molecule has 0 aromatic heterocycles. The monoisotopic (exact) mass is 307 g/mol. The van der Waals surface area contributed by atoms with Crippen LogP contribution in [0.1, 0.15) is 27.0 Å². The van der Waals surface area contributed by atoms with Crippen molar-refractivity contribution >= 4 is 11.9 Å². The molecule has 0 fully saturated rings. The van der Waals surface area contributed by atoms with Gasteiger partial charge in [0.1, 0.15) is 0 Å². The van der Waals surface area contributed by atoms with Crippen molar-refractivity contribution in [3.8, 4) is 0 Å².